The van der Waals surface area contributed by atoms with Crippen LogP contribution in [0.1, 0.15) is 51.4 Å². The quantitative estimate of drug-likeness (QED) is 0.748. The number of hydrogen-bond donors (Lipinski definition) is 2. The fourth-order valence-electron chi connectivity index (χ4n) is 3.36. The summed E-state index contributed by atoms with van der Waals surface area (Å²) in [7, 11) is 1.79. The Kier molecular flexibility index (Phi) is 5.26. The van der Waals surface area contributed by atoms with E-state index >= 15 is 0 Å². The van der Waals surface area contributed by atoms with Crippen molar-refractivity contribution in [3.63, 3.8) is 0 Å². The van der Waals surface area contributed by atoms with Gasteiger partial charge in [0.2, 0.25) is 0 Å². The minimum absolute atomic E-state index is 0.153. The van der Waals surface area contributed by atoms with Gasteiger partial charge in [-0.1, -0.05) is 25.7 Å². The van der Waals surface area contributed by atoms with E-state index in [1.807, 2.05) is 0 Å². The van der Waals surface area contributed by atoms with Crippen molar-refractivity contribution in [3.05, 3.63) is 0 Å². The van der Waals surface area contributed by atoms with Crippen LogP contribution in [0.5, 0.6) is 0 Å². The summed E-state index contributed by atoms with van der Waals surface area (Å²) in [5.74, 6) is 0.780. The average Bonchev–Trinajstić information content (AvgIpc) is 2.96. The Hall–Kier alpha value is -0.120. The van der Waals surface area contributed by atoms with Gasteiger partial charge in [0.1, 0.15) is 0 Å². The third kappa shape index (κ3) is 4.23. The van der Waals surface area contributed by atoms with E-state index in [9.17, 15) is 5.11 Å². The van der Waals surface area contributed by atoms with E-state index in [-0.39, 0.29) is 6.10 Å². The minimum atomic E-state index is -0.153. The number of methoxy groups -OCH3 is 1. The zero-order valence-corrected chi connectivity index (χ0v) is 11.0. The van der Waals surface area contributed by atoms with Crippen LogP contribution in [0.25, 0.3) is 0 Å². The molecular weight excluding hydrogens is 214 g/mol. The highest BCUT2D eigenvalue weighted by atomic mass is 16.5. The number of aliphatic hydroxyl groups is 1. The number of nitrogens with one attached hydrogen (secondary N) is 1. The Labute approximate surface area is 105 Å². The van der Waals surface area contributed by atoms with Crippen LogP contribution < -0.4 is 5.32 Å². The van der Waals surface area contributed by atoms with Gasteiger partial charge in [-0.3, -0.25) is 0 Å². The van der Waals surface area contributed by atoms with E-state index in [1.165, 1.54) is 32.1 Å². The van der Waals surface area contributed by atoms with Gasteiger partial charge in [0, 0.05) is 19.7 Å². The van der Waals surface area contributed by atoms with Crippen molar-refractivity contribution < 1.29 is 9.84 Å². The van der Waals surface area contributed by atoms with E-state index < -0.39 is 0 Å². The molecule has 0 amide bonds. The van der Waals surface area contributed by atoms with Gasteiger partial charge in [0.15, 0.2) is 0 Å². The van der Waals surface area contributed by atoms with Gasteiger partial charge in [-0.25, -0.2) is 0 Å². The molecule has 100 valence electrons. The number of hydrogen-bond acceptors (Lipinski definition) is 3. The second-order valence-electron chi connectivity index (χ2n) is 5.82. The first-order chi connectivity index (χ1) is 8.28. The molecule has 2 N–H and O–H groups in total. The summed E-state index contributed by atoms with van der Waals surface area (Å²) in [6.45, 7) is 0.762. The van der Waals surface area contributed by atoms with Crippen molar-refractivity contribution >= 4 is 0 Å². The highest BCUT2D eigenvalue weighted by Gasteiger charge is 2.25. The summed E-state index contributed by atoms with van der Waals surface area (Å²) in [6.07, 6.45) is 10.1. The second-order valence-corrected chi connectivity index (χ2v) is 5.82. The van der Waals surface area contributed by atoms with Crippen LogP contribution in [-0.4, -0.2) is 37.0 Å². The fraction of sp³-hybridized carbons (Fsp3) is 1.00. The fourth-order valence-corrected chi connectivity index (χ4v) is 3.36. The van der Waals surface area contributed by atoms with Crippen molar-refractivity contribution in [2.75, 3.05) is 13.7 Å². The van der Waals surface area contributed by atoms with Gasteiger partial charge >= 0.3 is 0 Å². The standard InChI is InChI=1S/C14H27NO2/c1-17-14-7-6-12(9-14)15-10-13(16)8-11-4-2-3-5-11/h11-16H,2-10H2,1H3. The molecule has 0 spiro atoms. The van der Waals surface area contributed by atoms with Gasteiger partial charge in [-0.05, 0) is 31.6 Å². The Morgan fingerprint density at radius 3 is 2.65 bits per heavy atom. The number of rotatable bonds is 6. The maximum atomic E-state index is 10.00. The monoisotopic (exact) mass is 241 g/mol. The minimum Gasteiger partial charge on any atom is -0.392 e. The summed E-state index contributed by atoms with van der Waals surface area (Å²) < 4.78 is 5.35. The van der Waals surface area contributed by atoms with Gasteiger partial charge in [-0.2, -0.15) is 0 Å². The van der Waals surface area contributed by atoms with Crippen LogP contribution in [-0.2, 0) is 4.74 Å². The number of ether oxygens (including phenoxy) is 1. The van der Waals surface area contributed by atoms with Gasteiger partial charge in [0.05, 0.1) is 12.2 Å². The summed E-state index contributed by atoms with van der Waals surface area (Å²) in [6, 6.07) is 0.554. The molecule has 0 heterocycles. The normalized spacial score (nSPS) is 32.1. The lowest BCUT2D eigenvalue weighted by molar-refractivity contribution is 0.104. The average molecular weight is 241 g/mol. The molecule has 3 nitrogen and oxygen atoms in total. The molecule has 0 aliphatic heterocycles. The van der Waals surface area contributed by atoms with Crippen molar-refractivity contribution in [3.8, 4) is 0 Å². The Balaban J connectivity index is 1.57. The third-order valence-corrected chi connectivity index (χ3v) is 4.44. The molecule has 2 saturated carbocycles. The highest BCUT2D eigenvalue weighted by molar-refractivity contribution is 4.82. The van der Waals surface area contributed by atoms with Crippen molar-refractivity contribution in [1.29, 1.82) is 0 Å². The zero-order chi connectivity index (χ0) is 12.1. The summed E-state index contributed by atoms with van der Waals surface area (Å²) in [5, 5.41) is 13.5. The first kappa shape index (κ1) is 13.3. The first-order valence-electron chi connectivity index (χ1n) is 7.22. The first-order valence-corrected chi connectivity index (χ1v) is 7.22. The molecule has 2 aliphatic rings. The molecule has 0 radical (unpaired) electrons. The molecule has 2 rings (SSSR count). The van der Waals surface area contributed by atoms with Crippen LogP contribution in [0.2, 0.25) is 0 Å². The lowest BCUT2D eigenvalue weighted by atomic mass is 10.00. The summed E-state index contributed by atoms with van der Waals surface area (Å²) in [5.41, 5.74) is 0. The lowest BCUT2D eigenvalue weighted by Gasteiger charge is -2.19. The maximum absolute atomic E-state index is 10.00. The highest BCUT2D eigenvalue weighted by Crippen LogP contribution is 2.28. The molecule has 17 heavy (non-hydrogen) atoms. The molecule has 0 aromatic heterocycles. The zero-order valence-electron chi connectivity index (χ0n) is 11.0. The summed E-state index contributed by atoms with van der Waals surface area (Å²) in [4.78, 5) is 0. The van der Waals surface area contributed by atoms with Crippen molar-refractivity contribution in [2.24, 2.45) is 5.92 Å². The SMILES string of the molecule is COC1CCC(NCC(O)CC2CCCC2)C1. The van der Waals surface area contributed by atoms with Crippen molar-refractivity contribution in [2.45, 2.75) is 69.6 Å². The molecule has 0 aromatic carbocycles. The van der Waals surface area contributed by atoms with Crippen LogP contribution in [0.3, 0.4) is 0 Å². The van der Waals surface area contributed by atoms with Crippen LogP contribution in [0.4, 0.5) is 0 Å². The molecule has 0 bridgehead atoms. The van der Waals surface area contributed by atoms with Gasteiger partial charge < -0.3 is 15.2 Å². The molecule has 3 atom stereocenters. The maximum Gasteiger partial charge on any atom is 0.0667 e. The van der Waals surface area contributed by atoms with E-state index in [4.69, 9.17) is 4.74 Å². The Bertz CT molecular complexity index is 216. The Morgan fingerprint density at radius 2 is 2.00 bits per heavy atom. The van der Waals surface area contributed by atoms with Gasteiger partial charge in [-0.15, -0.1) is 0 Å². The van der Waals surface area contributed by atoms with Crippen LogP contribution in [0, 0.1) is 5.92 Å². The van der Waals surface area contributed by atoms with Crippen molar-refractivity contribution in [1.82, 2.24) is 5.32 Å². The predicted octanol–water partition coefficient (Wildman–Crippen LogP) is 2.08. The molecule has 2 aliphatic carbocycles. The van der Waals surface area contributed by atoms with E-state index in [0.29, 0.717) is 12.1 Å². The van der Waals surface area contributed by atoms with Gasteiger partial charge in [0.25, 0.3) is 0 Å². The smallest absolute Gasteiger partial charge is 0.0667 e. The molecule has 3 heteroatoms. The Morgan fingerprint density at radius 1 is 1.24 bits per heavy atom. The van der Waals surface area contributed by atoms with E-state index in [0.717, 1.165) is 31.7 Å². The largest absolute Gasteiger partial charge is 0.392 e. The lowest BCUT2D eigenvalue weighted by Crippen LogP contribution is -2.35. The molecule has 0 aromatic rings. The summed E-state index contributed by atoms with van der Waals surface area (Å²) >= 11 is 0. The third-order valence-electron chi connectivity index (χ3n) is 4.44. The predicted molar refractivity (Wildman–Crippen MR) is 69.0 cm³/mol. The van der Waals surface area contributed by atoms with E-state index in [2.05, 4.69) is 5.32 Å². The topological polar surface area (TPSA) is 41.5 Å². The molecule has 3 unspecified atom stereocenters. The second kappa shape index (κ2) is 6.72. The molecule has 0 saturated heterocycles. The molecule has 2 fully saturated rings. The van der Waals surface area contributed by atoms with E-state index in [1.54, 1.807) is 7.11 Å². The molecular formula is C14H27NO2. The van der Waals surface area contributed by atoms with Crippen LogP contribution in [0.15, 0.2) is 0 Å². The van der Waals surface area contributed by atoms with Crippen LogP contribution >= 0.6 is 0 Å². The number of aliphatic hydroxyl groups excluding tert-OH is 1.